The van der Waals surface area contributed by atoms with E-state index >= 15 is 0 Å². The molecule has 0 saturated carbocycles. The Balaban J connectivity index is 2.33. The van der Waals surface area contributed by atoms with E-state index in [1.165, 1.54) is 18.4 Å². The highest BCUT2D eigenvalue weighted by Crippen LogP contribution is 2.21. The number of hydrogen-bond acceptors (Lipinski definition) is 1. The first-order valence-electron chi connectivity index (χ1n) is 3.90. The van der Waals surface area contributed by atoms with Gasteiger partial charge in [-0.3, -0.25) is 0 Å². The molecule has 0 aromatic heterocycles. The van der Waals surface area contributed by atoms with Gasteiger partial charge in [-0.2, -0.15) is 0 Å². The second-order valence-electron chi connectivity index (χ2n) is 3.06. The lowest BCUT2D eigenvalue weighted by atomic mass is 9.91. The number of methoxy groups -OCH3 is 1. The summed E-state index contributed by atoms with van der Waals surface area (Å²) < 4.78 is 5.02. The van der Waals surface area contributed by atoms with E-state index in [0.717, 1.165) is 18.9 Å². The van der Waals surface area contributed by atoms with Gasteiger partial charge in [0.25, 0.3) is 0 Å². The quantitative estimate of drug-likeness (QED) is 0.569. The molecule has 0 aromatic carbocycles. The monoisotopic (exact) mass is 139 g/mol. The smallest absolute Gasteiger partial charge is 0.0678 e. The molecule has 1 atom stereocenters. The van der Waals surface area contributed by atoms with Crippen molar-refractivity contribution >= 4 is 0 Å². The van der Waals surface area contributed by atoms with E-state index in [9.17, 15) is 0 Å². The van der Waals surface area contributed by atoms with Gasteiger partial charge in [0.2, 0.25) is 0 Å². The summed E-state index contributed by atoms with van der Waals surface area (Å²) >= 11 is 0. The number of ether oxygens (including phenoxy) is 1. The molecule has 0 aliphatic heterocycles. The molecule has 1 aliphatic rings. The van der Waals surface area contributed by atoms with Crippen LogP contribution in [0, 0.1) is 12.0 Å². The largest absolute Gasteiger partial charge is 0.380 e. The predicted molar refractivity (Wildman–Crippen MR) is 41.6 cm³/mol. The van der Waals surface area contributed by atoms with Gasteiger partial charge in [0.1, 0.15) is 0 Å². The van der Waals surface area contributed by atoms with Crippen molar-refractivity contribution in [2.24, 2.45) is 5.92 Å². The maximum Gasteiger partial charge on any atom is 0.0678 e. The fourth-order valence-electron chi connectivity index (χ4n) is 1.23. The lowest BCUT2D eigenvalue weighted by molar-refractivity contribution is 0.218. The van der Waals surface area contributed by atoms with Gasteiger partial charge in [0, 0.05) is 7.11 Å². The van der Waals surface area contributed by atoms with E-state index in [1.54, 1.807) is 7.11 Å². The minimum absolute atomic E-state index is 0.784. The molecule has 0 N–H and O–H groups in total. The standard InChI is InChI=1S/C9H15O/c1-8-3-5-9(6-4-8)7-10-2/h8H,3-5,7H2,1-2H3. The molecular formula is C9H15O. The second-order valence-corrected chi connectivity index (χ2v) is 3.06. The molecule has 1 unspecified atom stereocenters. The summed E-state index contributed by atoms with van der Waals surface area (Å²) in [6.07, 6.45) is 6.99. The third kappa shape index (κ3) is 2.14. The van der Waals surface area contributed by atoms with Gasteiger partial charge in [-0.05, 0) is 36.8 Å². The van der Waals surface area contributed by atoms with E-state index in [2.05, 4.69) is 13.0 Å². The summed E-state index contributed by atoms with van der Waals surface area (Å²) in [6, 6.07) is 0. The molecule has 1 heteroatoms. The molecule has 1 nitrogen and oxygen atoms in total. The van der Waals surface area contributed by atoms with Gasteiger partial charge in [-0.15, -0.1) is 0 Å². The van der Waals surface area contributed by atoms with Crippen molar-refractivity contribution < 1.29 is 4.74 Å². The normalized spacial score (nSPS) is 26.2. The van der Waals surface area contributed by atoms with Gasteiger partial charge in [0.05, 0.1) is 6.61 Å². The van der Waals surface area contributed by atoms with Crippen molar-refractivity contribution in [2.75, 3.05) is 13.7 Å². The summed E-state index contributed by atoms with van der Waals surface area (Å²) in [7, 11) is 1.74. The van der Waals surface area contributed by atoms with Crippen LogP contribution in [0.5, 0.6) is 0 Å². The fraction of sp³-hybridized carbons (Fsp3) is 0.778. The molecular weight excluding hydrogens is 124 g/mol. The average Bonchev–Trinajstić information content (AvgIpc) is 1.95. The molecule has 1 aliphatic carbocycles. The Morgan fingerprint density at radius 2 is 2.50 bits per heavy atom. The first-order valence-corrected chi connectivity index (χ1v) is 3.90. The lowest BCUT2D eigenvalue weighted by Gasteiger charge is -2.16. The predicted octanol–water partition coefficient (Wildman–Crippen LogP) is 2.18. The Bertz CT molecular complexity index is 127. The minimum Gasteiger partial charge on any atom is -0.380 e. The van der Waals surface area contributed by atoms with Crippen LogP contribution in [0.15, 0.2) is 5.57 Å². The van der Waals surface area contributed by atoms with E-state index in [-0.39, 0.29) is 0 Å². The zero-order valence-corrected chi connectivity index (χ0v) is 6.81. The molecule has 0 fully saturated rings. The molecule has 0 spiro atoms. The first-order chi connectivity index (χ1) is 4.83. The van der Waals surface area contributed by atoms with Gasteiger partial charge in [-0.25, -0.2) is 0 Å². The average molecular weight is 139 g/mol. The Morgan fingerprint density at radius 3 is 3.00 bits per heavy atom. The highest BCUT2D eigenvalue weighted by atomic mass is 16.5. The Kier molecular flexibility index (Phi) is 2.94. The van der Waals surface area contributed by atoms with Crippen LogP contribution >= 0.6 is 0 Å². The van der Waals surface area contributed by atoms with Crippen LogP contribution in [0.4, 0.5) is 0 Å². The molecule has 1 rings (SSSR count). The topological polar surface area (TPSA) is 9.23 Å². The van der Waals surface area contributed by atoms with Gasteiger partial charge in [-0.1, -0.05) is 6.92 Å². The lowest BCUT2D eigenvalue weighted by Crippen LogP contribution is -2.05. The van der Waals surface area contributed by atoms with Crippen LogP contribution in [-0.4, -0.2) is 13.7 Å². The van der Waals surface area contributed by atoms with Crippen LogP contribution in [0.25, 0.3) is 0 Å². The third-order valence-corrected chi connectivity index (χ3v) is 1.96. The van der Waals surface area contributed by atoms with Crippen molar-refractivity contribution in [1.82, 2.24) is 0 Å². The summed E-state index contributed by atoms with van der Waals surface area (Å²) in [5.41, 5.74) is 1.36. The van der Waals surface area contributed by atoms with Crippen molar-refractivity contribution in [3.63, 3.8) is 0 Å². The second kappa shape index (κ2) is 3.77. The zero-order chi connectivity index (χ0) is 7.40. The molecule has 0 saturated heterocycles. The summed E-state index contributed by atoms with van der Waals surface area (Å²) in [4.78, 5) is 0. The molecule has 1 radical (unpaired) electrons. The van der Waals surface area contributed by atoms with Crippen LogP contribution in [0.2, 0.25) is 0 Å². The molecule has 10 heavy (non-hydrogen) atoms. The third-order valence-electron chi connectivity index (χ3n) is 1.96. The Labute approximate surface area is 63.1 Å². The van der Waals surface area contributed by atoms with Crippen molar-refractivity contribution in [2.45, 2.75) is 26.2 Å². The molecule has 0 heterocycles. The zero-order valence-electron chi connectivity index (χ0n) is 6.81. The Hall–Kier alpha value is -0.300. The van der Waals surface area contributed by atoms with Crippen LogP contribution in [0.1, 0.15) is 26.2 Å². The van der Waals surface area contributed by atoms with E-state index in [4.69, 9.17) is 4.74 Å². The van der Waals surface area contributed by atoms with E-state index in [1.807, 2.05) is 0 Å². The fourth-order valence-corrected chi connectivity index (χ4v) is 1.23. The van der Waals surface area contributed by atoms with Gasteiger partial charge in [0.15, 0.2) is 0 Å². The molecule has 0 aromatic rings. The van der Waals surface area contributed by atoms with Gasteiger partial charge < -0.3 is 4.74 Å². The van der Waals surface area contributed by atoms with Gasteiger partial charge >= 0.3 is 0 Å². The SMILES string of the molecule is COCC1=[C]CC(C)CC1. The van der Waals surface area contributed by atoms with Crippen molar-refractivity contribution in [1.29, 1.82) is 0 Å². The minimum atomic E-state index is 0.784. The number of hydrogen-bond donors (Lipinski definition) is 0. The summed E-state index contributed by atoms with van der Waals surface area (Å²) in [6.45, 7) is 3.06. The maximum atomic E-state index is 5.02. The molecule has 57 valence electrons. The van der Waals surface area contributed by atoms with Crippen molar-refractivity contribution in [3.8, 4) is 0 Å². The van der Waals surface area contributed by atoms with E-state index in [0.29, 0.717) is 0 Å². The first kappa shape index (κ1) is 7.80. The summed E-state index contributed by atoms with van der Waals surface area (Å²) in [5.74, 6) is 0.834. The van der Waals surface area contributed by atoms with Crippen molar-refractivity contribution in [3.05, 3.63) is 11.6 Å². The Morgan fingerprint density at radius 1 is 1.70 bits per heavy atom. The molecule has 0 amide bonds. The van der Waals surface area contributed by atoms with Crippen LogP contribution in [-0.2, 0) is 4.74 Å². The highest BCUT2D eigenvalue weighted by molar-refractivity contribution is 5.01. The van der Waals surface area contributed by atoms with E-state index < -0.39 is 0 Å². The van der Waals surface area contributed by atoms with Crippen LogP contribution < -0.4 is 0 Å². The maximum absolute atomic E-state index is 5.02. The van der Waals surface area contributed by atoms with Crippen LogP contribution in [0.3, 0.4) is 0 Å². The summed E-state index contributed by atoms with van der Waals surface area (Å²) in [5, 5.41) is 0. The highest BCUT2D eigenvalue weighted by Gasteiger charge is 2.09. The molecule has 0 bridgehead atoms. The number of rotatable bonds is 2. The number of allylic oxidation sites excluding steroid dienone is 1.